The number of phenols is 2. The van der Waals surface area contributed by atoms with Crippen molar-refractivity contribution in [3.63, 3.8) is 0 Å². The maximum atomic E-state index is 12.1. The van der Waals surface area contributed by atoms with Crippen molar-refractivity contribution in [1.29, 1.82) is 0 Å². The highest BCUT2D eigenvalue weighted by atomic mass is 16.3. The molecule has 1 saturated heterocycles. The molecule has 0 aromatic heterocycles. The van der Waals surface area contributed by atoms with E-state index in [1.807, 2.05) is 6.92 Å². The molecule has 0 bridgehead atoms. The highest BCUT2D eigenvalue weighted by molar-refractivity contribution is 5.97. The van der Waals surface area contributed by atoms with Crippen molar-refractivity contribution in [2.24, 2.45) is 0 Å². The predicted octanol–water partition coefficient (Wildman–Crippen LogP) is 1.70. The van der Waals surface area contributed by atoms with Gasteiger partial charge in [-0.1, -0.05) is 12.5 Å². The summed E-state index contributed by atoms with van der Waals surface area (Å²) in [6, 6.07) is 4.39. The van der Waals surface area contributed by atoms with Gasteiger partial charge in [0.15, 0.2) is 11.5 Å². The molecule has 1 amide bonds. The lowest BCUT2D eigenvalue weighted by atomic mass is 10.1. The van der Waals surface area contributed by atoms with Crippen molar-refractivity contribution in [3.8, 4) is 11.5 Å². The first-order valence-corrected chi connectivity index (χ1v) is 7.12. The Balaban J connectivity index is 1.91. The minimum Gasteiger partial charge on any atom is -0.504 e. The monoisotopic (exact) mass is 278 g/mol. The van der Waals surface area contributed by atoms with Crippen LogP contribution in [0.15, 0.2) is 18.2 Å². The van der Waals surface area contributed by atoms with Gasteiger partial charge in [-0.3, -0.25) is 4.79 Å². The van der Waals surface area contributed by atoms with Gasteiger partial charge in [-0.25, -0.2) is 0 Å². The molecule has 3 N–H and O–H groups in total. The second kappa shape index (κ2) is 6.61. The van der Waals surface area contributed by atoms with E-state index >= 15 is 0 Å². The molecule has 2 rings (SSSR count). The molecule has 0 saturated carbocycles. The van der Waals surface area contributed by atoms with Crippen molar-refractivity contribution in [2.45, 2.75) is 32.2 Å². The molecule has 0 spiro atoms. The molecule has 5 heteroatoms. The van der Waals surface area contributed by atoms with E-state index in [9.17, 15) is 15.0 Å². The number of carbonyl (C=O) groups excluding carboxylic acids is 1. The Morgan fingerprint density at radius 2 is 2.00 bits per heavy atom. The molecule has 1 unspecified atom stereocenters. The van der Waals surface area contributed by atoms with E-state index in [4.69, 9.17) is 0 Å². The molecule has 5 nitrogen and oxygen atoms in total. The first-order chi connectivity index (χ1) is 9.58. The minimum atomic E-state index is -0.366. The zero-order chi connectivity index (χ0) is 14.5. The second-order valence-corrected chi connectivity index (χ2v) is 5.41. The summed E-state index contributed by atoms with van der Waals surface area (Å²) in [7, 11) is 0. The van der Waals surface area contributed by atoms with Gasteiger partial charge in [0.25, 0.3) is 5.91 Å². The van der Waals surface area contributed by atoms with E-state index in [2.05, 4.69) is 10.2 Å². The Morgan fingerprint density at radius 1 is 1.30 bits per heavy atom. The van der Waals surface area contributed by atoms with Gasteiger partial charge >= 0.3 is 0 Å². The molecule has 1 aliphatic rings. The van der Waals surface area contributed by atoms with Crippen LogP contribution in [0.1, 0.15) is 36.5 Å². The van der Waals surface area contributed by atoms with Crippen LogP contribution in [0.25, 0.3) is 0 Å². The van der Waals surface area contributed by atoms with Crippen LogP contribution in [0, 0.1) is 0 Å². The minimum absolute atomic E-state index is 0.00217. The number of carbonyl (C=O) groups is 1. The lowest BCUT2D eigenvalue weighted by Gasteiger charge is -2.29. The van der Waals surface area contributed by atoms with Gasteiger partial charge < -0.3 is 20.4 Å². The number of nitrogens with zero attached hydrogens (tertiary/aromatic N) is 1. The van der Waals surface area contributed by atoms with Crippen molar-refractivity contribution < 1.29 is 15.0 Å². The Morgan fingerprint density at radius 3 is 2.70 bits per heavy atom. The van der Waals surface area contributed by atoms with E-state index in [0.717, 1.165) is 19.6 Å². The predicted molar refractivity (Wildman–Crippen MR) is 77.0 cm³/mol. The summed E-state index contributed by atoms with van der Waals surface area (Å²) >= 11 is 0. The van der Waals surface area contributed by atoms with Gasteiger partial charge in [0.2, 0.25) is 0 Å². The zero-order valence-electron chi connectivity index (χ0n) is 11.8. The maximum Gasteiger partial charge on any atom is 0.255 e. The van der Waals surface area contributed by atoms with E-state index in [1.54, 1.807) is 6.07 Å². The average Bonchev–Trinajstić information content (AvgIpc) is 2.42. The fraction of sp³-hybridized carbons (Fsp3) is 0.533. The van der Waals surface area contributed by atoms with Gasteiger partial charge in [-0.15, -0.1) is 0 Å². The van der Waals surface area contributed by atoms with Crippen LogP contribution in [0.3, 0.4) is 0 Å². The molecule has 1 heterocycles. The number of piperidine rings is 1. The standard InChI is InChI=1S/C15H22N2O3/c1-11(10-17-8-3-2-4-9-17)16-15(20)12-6-5-7-13(18)14(12)19/h5-7,11,18-19H,2-4,8-10H2,1H3,(H,16,20). The van der Waals surface area contributed by atoms with Gasteiger partial charge in [-0.05, 0) is 45.0 Å². The number of nitrogens with one attached hydrogen (secondary N) is 1. The Labute approximate surface area is 119 Å². The van der Waals surface area contributed by atoms with Crippen LogP contribution < -0.4 is 5.32 Å². The number of rotatable bonds is 4. The molecule has 1 aromatic rings. The Hall–Kier alpha value is -1.75. The number of para-hydroxylation sites is 1. The fourth-order valence-electron chi connectivity index (χ4n) is 2.59. The molecule has 1 aliphatic heterocycles. The number of phenolic OH excluding ortho intramolecular Hbond substituents is 2. The molecule has 1 fully saturated rings. The smallest absolute Gasteiger partial charge is 0.255 e. The molecule has 20 heavy (non-hydrogen) atoms. The highest BCUT2D eigenvalue weighted by Crippen LogP contribution is 2.28. The summed E-state index contributed by atoms with van der Waals surface area (Å²) in [6.07, 6.45) is 3.72. The molecular weight excluding hydrogens is 256 g/mol. The van der Waals surface area contributed by atoms with Crippen LogP contribution in [0.4, 0.5) is 0 Å². The van der Waals surface area contributed by atoms with Crippen LogP contribution in [0.2, 0.25) is 0 Å². The van der Waals surface area contributed by atoms with Crippen molar-refractivity contribution in [1.82, 2.24) is 10.2 Å². The highest BCUT2D eigenvalue weighted by Gasteiger charge is 2.18. The summed E-state index contributed by atoms with van der Waals surface area (Å²) in [6.45, 7) is 4.92. The maximum absolute atomic E-state index is 12.1. The number of likely N-dealkylation sites (tertiary alicyclic amines) is 1. The Bertz CT molecular complexity index is 470. The average molecular weight is 278 g/mol. The van der Waals surface area contributed by atoms with Gasteiger partial charge in [0, 0.05) is 12.6 Å². The van der Waals surface area contributed by atoms with E-state index in [1.165, 1.54) is 31.4 Å². The molecule has 1 atom stereocenters. The molecule has 110 valence electrons. The lowest BCUT2D eigenvalue weighted by molar-refractivity contribution is 0.0922. The third-order valence-electron chi connectivity index (χ3n) is 3.62. The first kappa shape index (κ1) is 14.7. The van der Waals surface area contributed by atoms with Gasteiger partial charge in [0.05, 0.1) is 5.56 Å². The topological polar surface area (TPSA) is 72.8 Å². The van der Waals surface area contributed by atoms with Crippen LogP contribution in [-0.2, 0) is 0 Å². The van der Waals surface area contributed by atoms with E-state index in [-0.39, 0.29) is 29.0 Å². The largest absolute Gasteiger partial charge is 0.504 e. The van der Waals surface area contributed by atoms with Crippen molar-refractivity contribution in [2.75, 3.05) is 19.6 Å². The number of aromatic hydroxyl groups is 2. The molecule has 1 aromatic carbocycles. The van der Waals surface area contributed by atoms with Crippen LogP contribution in [0.5, 0.6) is 11.5 Å². The summed E-state index contributed by atoms with van der Waals surface area (Å²) in [5.41, 5.74) is 0.107. The zero-order valence-corrected chi connectivity index (χ0v) is 11.8. The van der Waals surface area contributed by atoms with Crippen LogP contribution >= 0.6 is 0 Å². The Kier molecular flexibility index (Phi) is 4.84. The SMILES string of the molecule is CC(CN1CCCCC1)NC(=O)c1cccc(O)c1O. The van der Waals surface area contributed by atoms with Gasteiger partial charge in [0.1, 0.15) is 0 Å². The number of benzene rings is 1. The van der Waals surface area contributed by atoms with Crippen molar-refractivity contribution >= 4 is 5.91 Å². The second-order valence-electron chi connectivity index (χ2n) is 5.41. The molecular formula is C15H22N2O3. The summed E-state index contributed by atoms with van der Waals surface area (Å²) in [4.78, 5) is 14.4. The van der Waals surface area contributed by atoms with E-state index in [0.29, 0.717) is 0 Å². The number of amides is 1. The molecule has 0 radical (unpaired) electrons. The summed E-state index contributed by atoms with van der Waals surface area (Å²) in [5, 5.41) is 21.9. The van der Waals surface area contributed by atoms with E-state index < -0.39 is 0 Å². The summed E-state index contributed by atoms with van der Waals surface area (Å²) < 4.78 is 0. The van der Waals surface area contributed by atoms with Crippen molar-refractivity contribution in [3.05, 3.63) is 23.8 Å². The molecule has 0 aliphatic carbocycles. The third kappa shape index (κ3) is 3.63. The third-order valence-corrected chi connectivity index (χ3v) is 3.62. The number of hydrogen-bond acceptors (Lipinski definition) is 4. The van der Waals surface area contributed by atoms with Gasteiger partial charge in [-0.2, -0.15) is 0 Å². The number of hydrogen-bond donors (Lipinski definition) is 3. The first-order valence-electron chi connectivity index (χ1n) is 7.12. The fourth-order valence-corrected chi connectivity index (χ4v) is 2.59. The lowest BCUT2D eigenvalue weighted by Crippen LogP contribution is -2.43. The van der Waals surface area contributed by atoms with Crippen LogP contribution in [-0.4, -0.2) is 46.7 Å². The normalized spacial score (nSPS) is 17.6. The summed E-state index contributed by atoms with van der Waals surface area (Å²) in [5.74, 6) is -1.00. The quantitative estimate of drug-likeness (QED) is 0.733.